The second-order valence-corrected chi connectivity index (χ2v) is 3.71. The van der Waals surface area contributed by atoms with Crippen LogP contribution in [0.4, 0.5) is 10.1 Å². The molecule has 6 nitrogen and oxygen atoms in total. The van der Waals surface area contributed by atoms with Crippen LogP contribution in [0.3, 0.4) is 0 Å². The van der Waals surface area contributed by atoms with Crippen molar-refractivity contribution in [3.63, 3.8) is 0 Å². The van der Waals surface area contributed by atoms with Crippen molar-refractivity contribution in [2.24, 2.45) is 0 Å². The smallest absolute Gasteiger partial charge is 0.270 e. The first-order valence-electron chi connectivity index (χ1n) is 5.61. The Morgan fingerprint density at radius 3 is 2.79 bits per heavy atom. The number of nitro groups is 1. The van der Waals surface area contributed by atoms with E-state index in [1.54, 1.807) is 6.92 Å². The molecular weight excluding hydrogens is 253 g/mol. The van der Waals surface area contributed by atoms with Crippen molar-refractivity contribution in [2.45, 2.75) is 13.3 Å². The Kier molecular flexibility index (Phi) is 4.94. The summed E-state index contributed by atoms with van der Waals surface area (Å²) in [5.41, 5.74) is -0.699. The topological polar surface area (TPSA) is 87.2 Å². The Morgan fingerprint density at radius 2 is 2.26 bits per heavy atom. The third-order valence-corrected chi connectivity index (χ3v) is 2.55. The lowest BCUT2D eigenvalue weighted by molar-refractivity contribution is -0.384. The first kappa shape index (κ1) is 14.6. The molecular formula is C12H12FN3O3. The summed E-state index contributed by atoms with van der Waals surface area (Å²) in [6.07, 6.45) is 0.121. The zero-order valence-corrected chi connectivity index (χ0v) is 10.3. The van der Waals surface area contributed by atoms with Crippen molar-refractivity contribution in [3.8, 4) is 6.07 Å². The lowest BCUT2D eigenvalue weighted by atomic mass is 10.1. The largest absolute Gasteiger partial charge is 0.338 e. The summed E-state index contributed by atoms with van der Waals surface area (Å²) >= 11 is 0. The lowest BCUT2D eigenvalue weighted by Crippen LogP contribution is -2.32. The summed E-state index contributed by atoms with van der Waals surface area (Å²) in [4.78, 5) is 23.2. The molecule has 0 aliphatic rings. The minimum Gasteiger partial charge on any atom is -0.338 e. The van der Waals surface area contributed by atoms with Crippen molar-refractivity contribution >= 4 is 11.6 Å². The monoisotopic (exact) mass is 265 g/mol. The number of benzene rings is 1. The van der Waals surface area contributed by atoms with Crippen molar-refractivity contribution in [1.82, 2.24) is 4.90 Å². The van der Waals surface area contributed by atoms with Crippen LogP contribution < -0.4 is 0 Å². The molecule has 0 aliphatic carbocycles. The van der Waals surface area contributed by atoms with Gasteiger partial charge in [-0.1, -0.05) is 0 Å². The molecule has 0 radical (unpaired) electrons. The molecule has 7 heteroatoms. The highest BCUT2D eigenvalue weighted by Crippen LogP contribution is 2.18. The molecule has 0 N–H and O–H groups in total. The molecule has 19 heavy (non-hydrogen) atoms. The molecule has 0 aromatic heterocycles. The highest BCUT2D eigenvalue weighted by molar-refractivity contribution is 5.95. The first-order valence-corrected chi connectivity index (χ1v) is 5.61. The van der Waals surface area contributed by atoms with E-state index < -0.39 is 16.6 Å². The standard InChI is InChI=1S/C12H12FN3O3/c1-2-15(7-3-6-14)12(17)10-8-9(16(18)19)4-5-11(10)13/h4-5,8H,2-3,7H2,1H3. The summed E-state index contributed by atoms with van der Waals surface area (Å²) in [6.45, 7) is 2.14. The number of nitriles is 1. The average Bonchev–Trinajstić information content (AvgIpc) is 2.39. The molecule has 0 unspecified atom stereocenters. The summed E-state index contributed by atoms with van der Waals surface area (Å²) in [5.74, 6) is -1.47. The molecule has 100 valence electrons. The van der Waals surface area contributed by atoms with Crippen molar-refractivity contribution in [1.29, 1.82) is 5.26 Å². The van der Waals surface area contributed by atoms with Gasteiger partial charge in [0.1, 0.15) is 5.82 Å². The number of halogens is 1. The van der Waals surface area contributed by atoms with Crippen molar-refractivity contribution in [3.05, 3.63) is 39.7 Å². The van der Waals surface area contributed by atoms with Crippen LogP contribution in [-0.2, 0) is 0 Å². The van der Waals surface area contributed by atoms with Crippen LogP contribution >= 0.6 is 0 Å². The zero-order valence-electron chi connectivity index (χ0n) is 10.3. The number of amides is 1. The molecule has 1 rings (SSSR count). The van der Waals surface area contributed by atoms with E-state index in [0.29, 0.717) is 6.54 Å². The van der Waals surface area contributed by atoms with Crippen LogP contribution in [0.5, 0.6) is 0 Å². The van der Waals surface area contributed by atoms with Crippen LogP contribution in [0.25, 0.3) is 0 Å². The molecule has 0 aliphatic heterocycles. The fraction of sp³-hybridized carbons (Fsp3) is 0.333. The van der Waals surface area contributed by atoms with Gasteiger partial charge in [-0.15, -0.1) is 0 Å². The molecule has 0 bridgehead atoms. The van der Waals surface area contributed by atoms with Gasteiger partial charge >= 0.3 is 0 Å². The predicted molar refractivity (Wildman–Crippen MR) is 64.9 cm³/mol. The van der Waals surface area contributed by atoms with Crippen molar-refractivity contribution < 1.29 is 14.1 Å². The Hall–Kier alpha value is -2.49. The van der Waals surface area contributed by atoms with Gasteiger partial charge in [0.25, 0.3) is 11.6 Å². The van der Waals surface area contributed by atoms with Gasteiger partial charge in [-0.3, -0.25) is 14.9 Å². The van der Waals surface area contributed by atoms with Gasteiger partial charge in [-0.2, -0.15) is 5.26 Å². The normalized spacial score (nSPS) is 9.74. The van der Waals surface area contributed by atoms with E-state index in [9.17, 15) is 19.3 Å². The molecule has 1 aromatic rings. The fourth-order valence-electron chi connectivity index (χ4n) is 1.55. The average molecular weight is 265 g/mol. The fourth-order valence-corrected chi connectivity index (χ4v) is 1.55. The Labute approximate surface area is 109 Å². The van der Waals surface area contributed by atoms with E-state index in [4.69, 9.17) is 5.26 Å². The summed E-state index contributed by atoms with van der Waals surface area (Å²) in [6, 6.07) is 4.69. The van der Waals surface area contributed by atoms with Gasteiger partial charge in [0.05, 0.1) is 23.0 Å². The zero-order chi connectivity index (χ0) is 14.4. The van der Waals surface area contributed by atoms with Gasteiger partial charge < -0.3 is 4.90 Å². The maximum absolute atomic E-state index is 13.6. The number of hydrogen-bond acceptors (Lipinski definition) is 4. The number of carbonyl (C=O) groups is 1. The Balaban J connectivity index is 3.06. The second-order valence-electron chi connectivity index (χ2n) is 3.71. The number of carbonyl (C=O) groups excluding carboxylic acids is 1. The predicted octanol–water partition coefficient (Wildman–Crippen LogP) is 2.11. The van der Waals surface area contributed by atoms with E-state index in [1.807, 2.05) is 6.07 Å². The maximum atomic E-state index is 13.6. The van der Waals surface area contributed by atoms with Crippen LogP contribution in [0.2, 0.25) is 0 Å². The molecule has 0 atom stereocenters. The SMILES string of the molecule is CCN(CCC#N)C(=O)c1cc([N+](=O)[O-])ccc1F. The number of non-ortho nitro benzene ring substituents is 1. The van der Waals surface area contributed by atoms with Crippen molar-refractivity contribution in [2.75, 3.05) is 13.1 Å². The second kappa shape index (κ2) is 6.44. The van der Waals surface area contributed by atoms with Gasteiger partial charge in [-0.25, -0.2) is 4.39 Å². The number of nitro benzene ring substituents is 1. The van der Waals surface area contributed by atoms with E-state index in [0.717, 1.165) is 18.2 Å². The molecule has 1 aromatic carbocycles. The minimum absolute atomic E-state index is 0.121. The maximum Gasteiger partial charge on any atom is 0.270 e. The molecule has 0 spiro atoms. The molecule has 0 fully saturated rings. The quantitative estimate of drug-likeness (QED) is 0.602. The van der Waals surface area contributed by atoms with E-state index in [1.165, 1.54) is 4.90 Å². The highest BCUT2D eigenvalue weighted by atomic mass is 19.1. The summed E-state index contributed by atoms with van der Waals surface area (Å²) in [7, 11) is 0. The molecule has 1 amide bonds. The molecule has 0 saturated heterocycles. The number of hydrogen-bond donors (Lipinski definition) is 0. The summed E-state index contributed by atoms with van der Waals surface area (Å²) < 4.78 is 13.6. The Bertz CT molecular complexity index is 540. The van der Waals surface area contributed by atoms with Crippen LogP contribution in [0.1, 0.15) is 23.7 Å². The highest BCUT2D eigenvalue weighted by Gasteiger charge is 2.21. The van der Waals surface area contributed by atoms with Gasteiger partial charge in [-0.05, 0) is 13.0 Å². The minimum atomic E-state index is -0.814. The molecule has 0 heterocycles. The van der Waals surface area contributed by atoms with E-state index in [-0.39, 0.29) is 24.2 Å². The van der Waals surface area contributed by atoms with Gasteiger partial charge in [0.15, 0.2) is 0 Å². The molecule has 0 saturated carbocycles. The van der Waals surface area contributed by atoms with E-state index >= 15 is 0 Å². The number of rotatable bonds is 5. The van der Waals surface area contributed by atoms with Crippen LogP contribution in [-0.4, -0.2) is 28.8 Å². The lowest BCUT2D eigenvalue weighted by Gasteiger charge is -2.19. The Morgan fingerprint density at radius 1 is 1.58 bits per heavy atom. The van der Waals surface area contributed by atoms with Gasteiger partial charge in [0, 0.05) is 25.2 Å². The third kappa shape index (κ3) is 3.48. The summed E-state index contributed by atoms with van der Waals surface area (Å²) in [5, 5.41) is 19.1. The van der Waals surface area contributed by atoms with Crippen LogP contribution in [0.15, 0.2) is 18.2 Å². The number of nitrogens with zero attached hydrogens (tertiary/aromatic N) is 3. The first-order chi connectivity index (χ1) is 9.01. The van der Waals surface area contributed by atoms with Gasteiger partial charge in [0.2, 0.25) is 0 Å². The third-order valence-electron chi connectivity index (χ3n) is 2.55. The van der Waals surface area contributed by atoms with E-state index in [2.05, 4.69) is 0 Å². The van der Waals surface area contributed by atoms with Crippen LogP contribution in [0, 0.1) is 27.3 Å².